The Kier molecular flexibility index (Phi) is 9.29. The zero-order valence-corrected chi connectivity index (χ0v) is 14.0. The molecule has 26 heavy (non-hydrogen) atoms. The van der Waals surface area contributed by atoms with Crippen molar-refractivity contribution in [1.29, 1.82) is 0 Å². The maximum atomic E-state index is 11.8. The Balaban J connectivity index is 4.43. The fraction of sp³-hybridized carbons (Fsp3) is 0.538. The predicted molar refractivity (Wildman–Crippen MR) is 85.8 cm³/mol. The highest BCUT2D eigenvalue weighted by Crippen LogP contribution is 1.92. The van der Waals surface area contributed by atoms with E-state index < -0.39 is 73.0 Å². The number of carbonyl (C=O) groups excluding carboxylic acids is 5. The van der Waals surface area contributed by atoms with E-state index in [0.717, 1.165) is 0 Å². The normalized spacial score (nSPS) is 13.6. The van der Waals surface area contributed by atoms with E-state index in [1.165, 1.54) is 6.92 Å². The smallest absolute Gasteiger partial charge is 0.326 e. The van der Waals surface area contributed by atoms with Crippen molar-refractivity contribution in [3.8, 4) is 0 Å². The van der Waals surface area contributed by atoms with Crippen LogP contribution >= 0.6 is 0 Å². The molecule has 0 fully saturated rings. The number of hydrogen-bond donors (Lipinski definition) is 7. The molecule has 10 N–H and O–H groups in total. The van der Waals surface area contributed by atoms with Gasteiger partial charge in [0.1, 0.15) is 12.1 Å². The van der Waals surface area contributed by atoms with E-state index in [9.17, 15) is 28.8 Å². The molecule has 0 saturated carbocycles. The molecule has 0 aliphatic rings. The molecule has 146 valence electrons. The van der Waals surface area contributed by atoms with Gasteiger partial charge in [0, 0.05) is 0 Å². The van der Waals surface area contributed by atoms with Crippen LogP contribution in [0.3, 0.4) is 0 Å². The third-order valence-corrected chi connectivity index (χ3v) is 2.97. The van der Waals surface area contributed by atoms with Crippen LogP contribution in [0.2, 0.25) is 0 Å². The molecule has 0 saturated heterocycles. The molecule has 0 aromatic rings. The van der Waals surface area contributed by atoms with Crippen LogP contribution in [0, 0.1) is 0 Å². The van der Waals surface area contributed by atoms with Crippen LogP contribution in [0.1, 0.15) is 19.8 Å². The molecule has 3 unspecified atom stereocenters. The Morgan fingerprint density at radius 2 is 1.46 bits per heavy atom. The van der Waals surface area contributed by atoms with Crippen molar-refractivity contribution in [2.24, 2.45) is 17.2 Å². The van der Waals surface area contributed by atoms with E-state index in [0.29, 0.717) is 0 Å². The van der Waals surface area contributed by atoms with Gasteiger partial charge in [-0.05, 0) is 6.92 Å². The zero-order chi connectivity index (χ0) is 20.4. The largest absolute Gasteiger partial charge is 0.480 e. The lowest BCUT2D eigenvalue weighted by Gasteiger charge is -2.17. The first-order valence-corrected chi connectivity index (χ1v) is 7.36. The average Bonchev–Trinajstić information content (AvgIpc) is 2.50. The molecular weight excluding hydrogens is 352 g/mol. The number of carboxylic acids is 1. The van der Waals surface area contributed by atoms with Crippen LogP contribution in [0.4, 0.5) is 0 Å². The van der Waals surface area contributed by atoms with Gasteiger partial charge in [0.05, 0.1) is 25.4 Å². The number of rotatable bonds is 11. The van der Waals surface area contributed by atoms with Crippen LogP contribution in [0.15, 0.2) is 0 Å². The van der Waals surface area contributed by atoms with Gasteiger partial charge in [0.2, 0.25) is 29.5 Å². The highest BCUT2D eigenvalue weighted by atomic mass is 16.4. The number of carbonyl (C=O) groups is 6. The second-order valence-corrected chi connectivity index (χ2v) is 5.35. The minimum absolute atomic E-state index is 0.404. The highest BCUT2D eigenvalue weighted by molar-refractivity contribution is 5.94. The summed E-state index contributed by atoms with van der Waals surface area (Å²) >= 11 is 0. The number of nitrogens with two attached hydrogens (primary N) is 3. The molecular formula is C13H22N6O7. The van der Waals surface area contributed by atoms with E-state index in [1.807, 2.05) is 5.32 Å². The van der Waals surface area contributed by atoms with Crippen molar-refractivity contribution in [2.45, 2.75) is 37.9 Å². The maximum absolute atomic E-state index is 11.8. The topological polar surface area (TPSA) is 237 Å². The SMILES string of the molecule is CC(NC(=O)C(N)CC(N)=O)C(=O)NCC(=O)NC(CC(N)=O)C(=O)O. The number of hydrogen-bond acceptors (Lipinski definition) is 7. The summed E-state index contributed by atoms with van der Waals surface area (Å²) < 4.78 is 0. The lowest BCUT2D eigenvalue weighted by Crippen LogP contribution is -2.53. The molecule has 0 aromatic heterocycles. The van der Waals surface area contributed by atoms with E-state index in [2.05, 4.69) is 10.6 Å². The third kappa shape index (κ3) is 9.17. The van der Waals surface area contributed by atoms with Gasteiger partial charge >= 0.3 is 5.97 Å². The Hall–Kier alpha value is -3.22. The first-order valence-electron chi connectivity index (χ1n) is 7.36. The van der Waals surface area contributed by atoms with Gasteiger partial charge in [0.25, 0.3) is 0 Å². The van der Waals surface area contributed by atoms with Crippen LogP contribution in [0.25, 0.3) is 0 Å². The zero-order valence-electron chi connectivity index (χ0n) is 14.0. The van der Waals surface area contributed by atoms with Crippen molar-refractivity contribution >= 4 is 35.5 Å². The Morgan fingerprint density at radius 3 is 1.92 bits per heavy atom. The molecule has 0 aliphatic carbocycles. The summed E-state index contributed by atoms with van der Waals surface area (Å²) in [7, 11) is 0. The van der Waals surface area contributed by atoms with Gasteiger partial charge in [-0.15, -0.1) is 0 Å². The first kappa shape index (κ1) is 22.8. The van der Waals surface area contributed by atoms with Crippen molar-refractivity contribution in [3.05, 3.63) is 0 Å². The minimum atomic E-state index is -1.53. The minimum Gasteiger partial charge on any atom is -0.480 e. The quantitative estimate of drug-likeness (QED) is 0.185. The lowest BCUT2D eigenvalue weighted by atomic mass is 10.2. The van der Waals surface area contributed by atoms with Gasteiger partial charge in [-0.1, -0.05) is 0 Å². The van der Waals surface area contributed by atoms with Crippen molar-refractivity contribution in [2.75, 3.05) is 6.54 Å². The molecule has 0 rings (SSSR count). The number of amides is 5. The summed E-state index contributed by atoms with van der Waals surface area (Å²) in [5.41, 5.74) is 15.2. The van der Waals surface area contributed by atoms with Crippen LogP contribution in [-0.4, -0.2) is 65.3 Å². The fourth-order valence-electron chi connectivity index (χ4n) is 1.66. The van der Waals surface area contributed by atoms with Crippen LogP contribution in [0.5, 0.6) is 0 Å². The highest BCUT2D eigenvalue weighted by Gasteiger charge is 2.24. The Labute approximate surface area is 148 Å². The second-order valence-electron chi connectivity index (χ2n) is 5.35. The number of carboxylic acid groups (broad SMARTS) is 1. The van der Waals surface area contributed by atoms with Gasteiger partial charge in [-0.25, -0.2) is 4.79 Å². The van der Waals surface area contributed by atoms with Crippen molar-refractivity contribution < 1.29 is 33.9 Å². The van der Waals surface area contributed by atoms with Crippen LogP contribution in [-0.2, 0) is 28.8 Å². The summed E-state index contributed by atoms with van der Waals surface area (Å²) in [6.45, 7) is 0.699. The molecule has 0 spiro atoms. The molecule has 13 nitrogen and oxygen atoms in total. The van der Waals surface area contributed by atoms with E-state index in [-0.39, 0.29) is 0 Å². The van der Waals surface area contributed by atoms with Crippen molar-refractivity contribution in [1.82, 2.24) is 16.0 Å². The van der Waals surface area contributed by atoms with Crippen LogP contribution < -0.4 is 33.2 Å². The summed E-state index contributed by atoms with van der Waals surface area (Å²) in [5.74, 6) is -5.61. The van der Waals surface area contributed by atoms with Gasteiger partial charge < -0.3 is 38.3 Å². The molecule has 0 heterocycles. The Bertz CT molecular complexity index is 594. The van der Waals surface area contributed by atoms with Gasteiger partial charge in [-0.2, -0.15) is 0 Å². The molecule has 5 amide bonds. The lowest BCUT2D eigenvalue weighted by molar-refractivity contribution is -0.143. The molecule has 13 heteroatoms. The maximum Gasteiger partial charge on any atom is 0.326 e. The average molecular weight is 374 g/mol. The van der Waals surface area contributed by atoms with E-state index in [1.54, 1.807) is 0 Å². The third-order valence-electron chi connectivity index (χ3n) is 2.97. The summed E-state index contributed by atoms with van der Waals surface area (Å²) in [6, 6.07) is -3.84. The Morgan fingerprint density at radius 1 is 0.923 bits per heavy atom. The second kappa shape index (κ2) is 10.6. The predicted octanol–water partition coefficient (Wildman–Crippen LogP) is -4.75. The monoisotopic (exact) mass is 374 g/mol. The number of aliphatic carboxylic acids is 1. The number of primary amides is 2. The van der Waals surface area contributed by atoms with E-state index >= 15 is 0 Å². The molecule has 0 radical (unpaired) electrons. The summed E-state index contributed by atoms with van der Waals surface area (Å²) in [4.78, 5) is 67.3. The fourth-order valence-corrected chi connectivity index (χ4v) is 1.66. The number of nitrogens with one attached hydrogen (secondary N) is 3. The summed E-state index contributed by atoms with van der Waals surface area (Å²) in [6.07, 6.45) is -1.02. The summed E-state index contributed by atoms with van der Waals surface area (Å²) in [5, 5.41) is 15.2. The molecule has 3 atom stereocenters. The van der Waals surface area contributed by atoms with Gasteiger partial charge in [0.15, 0.2) is 0 Å². The van der Waals surface area contributed by atoms with E-state index in [4.69, 9.17) is 22.3 Å². The molecule has 0 bridgehead atoms. The first-order chi connectivity index (χ1) is 11.9. The molecule has 0 aromatic carbocycles. The van der Waals surface area contributed by atoms with Gasteiger partial charge in [-0.3, -0.25) is 24.0 Å². The van der Waals surface area contributed by atoms with Crippen molar-refractivity contribution in [3.63, 3.8) is 0 Å². The standard InChI is InChI=1S/C13H22N6O7/c1-5(18-12(24)6(14)2-8(15)20)11(23)17-4-10(22)19-7(13(25)26)3-9(16)21/h5-7H,2-4,14H2,1H3,(H2,15,20)(H2,16,21)(H,17,23)(H,18,24)(H,19,22)(H,25,26). The molecule has 0 aliphatic heterocycles.